The van der Waals surface area contributed by atoms with Gasteiger partial charge in [-0.25, -0.2) is 4.39 Å². The number of hydrogen-bond donors (Lipinski definition) is 2. The van der Waals surface area contributed by atoms with E-state index in [1.54, 1.807) is 14.0 Å². The number of carboxylic acids is 1. The highest BCUT2D eigenvalue weighted by atomic mass is 19.2. The first-order valence-electron chi connectivity index (χ1n) is 6.40. The maximum absolute atomic E-state index is 13.3. The Hall–Kier alpha value is -1.69. The monoisotopic (exact) mass is 287 g/mol. The fourth-order valence-electron chi connectivity index (χ4n) is 1.70. The van der Waals surface area contributed by atoms with E-state index in [9.17, 15) is 13.6 Å². The zero-order chi connectivity index (χ0) is 15.2. The number of carbonyl (C=O) groups is 1. The Morgan fingerprint density at radius 3 is 2.70 bits per heavy atom. The fourth-order valence-corrected chi connectivity index (χ4v) is 1.70. The van der Waals surface area contributed by atoms with E-state index in [2.05, 4.69) is 5.32 Å². The first kappa shape index (κ1) is 16.4. The molecule has 0 fully saturated rings. The number of nitrogens with one attached hydrogen (secondary N) is 1. The molecule has 0 amide bonds. The average Bonchev–Trinajstić information content (AvgIpc) is 2.42. The van der Waals surface area contributed by atoms with Gasteiger partial charge in [0.2, 0.25) is 5.82 Å². The minimum Gasteiger partial charge on any atom is -0.490 e. The molecule has 0 bridgehead atoms. The van der Waals surface area contributed by atoms with Gasteiger partial charge in [-0.15, -0.1) is 0 Å². The summed E-state index contributed by atoms with van der Waals surface area (Å²) in [6.45, 7) is 1.81. The van der Waals surface area contributed by atoms with Gasteiger partial charge in [-0.3, -0.25) is 4.79 Å². The molecule has 0 spiro atoms. The smallest absolute Gasteiger partial charge is 0.323 e. The van der Waals surface area contributed by atoms with Gasteiger partial charge in [0.15, 0.2) is 11.6 Å². The van der Waals surface area contributed by atoms with Crippen LogP contribution in [0.5, 0.6) is 5.75 Å². The standard InChI is InChI=1S/C14H19F2NO3/c1-14(17-2,13(18)19)8-3-4-9-20-11-7-5-6-10(15)12(11)16/h5-7,17H,3-4,8-9H2,1-2H3,(H,18,19). The van der Waals surface area contributed by atoms with Crippen molar-refractivity contribution < 1.29 is 23.4 Å². The maximum atomic E-state index is 13.3. The van der Waals surface area contributed by atoms with E-state index in [4.69, 9.17) is 9.84 Å². The minimum absolute atomic E-state index is 0.125. The van der Waals surface area contributed by atoms with Crippen molar-refractivity contribution >= 4 is 5.97 Å². The number of halogens is 2. The molecule has 4 nitrogen and oxygen atoms in total. The molecule has 6 heteroatoms. The van der Waals surface area contributed by atoms with E-state index >= 15 is 0 Å². The minimum atomic E-state index is -1.00. The topological polar surface area (TPSA) is 58.6 Å². The van der Waals surface area contributed by atoms with Gasteiger partial charge < -0.3 is 15.2 Å². The summed E-state index contributed by atoms with van der Waals surface area (Å²) >= 11 is 0. The van der Waals surface area contributed by atoms with Crippen molar-refractivity contribution in [1.29, 1.82) is 0 Å². The molecule has 0 aliphatic rings. The van der Waals surface area contributed by atoms with Crippen molar-refractivity contribution in [3.8, 4) is 5.75 Å². The van der Waals surface area contributed by atoms with E-state index in [0.29, 0.717) is 19.3 Å². The average molecular weight is 287 g/mol. The van der Waals surface area contributed by atoms with Crippen LogP contribution in [0.1, 0.15) is 26.2 Å². The van der Waals surface area contributed by atoms with Gasteiger partial charge in [0.05, 0.1) is 6.61 Å². The molecule has 0 aliphatic heterocycles. The lowest BCUT2D eigenvalue weighted by Gasteiger charge is -2.23. The summed E-state index contributed by atoms with van der Waals surface area (Å²) in [6, 6.07) is 3.75. The number of rotatable bonds is 8. The van der Waals surface area contributed by atoms with Crippen molar-refractivity contribution in [1.82, 2.24) is 5.32 Å². The van der Waals surface area contributed by atoms with Crippen molar-refractivity contribution in [3.05, 3.63) is 29.8 Å². The highest BCUT2D eigenvalue weighted by Gasteiger charge is 2.30. The molecule has 112 valence electrons. The largest absolute Gasteiger partial charge is 0.490 e. The molecule has 0 saturated carbocycles. The number of ether oxygens (including phenoxy) is 1. The van der Waals surface area contributed by atoms with E-state index < -0.39 is 23.1 Å². The lowest BCUT2D eigenvalue weighted by atomic mass is 9.95. The molecule has 0 aliphatic carbocycles. The number of likely N-dealkylation sites (N-methyl/N-ethyl adjacent to an activating group) is 1. The summed E-state index contributed by atoms with van der Waals surface area (Å²) in [5.41, 5.74) is -0.982. The number of unbranched alkanes of at least 4 members (excludes halogenated alkanes) is 1. The van der Waals surface area contributed by atoms with E-state index in [0.717, 1.165) is 6.07 Å². The Morgan fingerprint density at radius 2 is 2.10 bits per heavy atom. The van der Waals surface area contributed by atoms with Crippen molar-refractivity contribution in [3.63, 3.8) is 0 Å². The molecule has 0 saturated heterocycles. The normalized spacial score (nSPS) is 13.8. The molecule has 1 aromatic carbocycles. The highest BCUT2D eigenvalue weighted by molar-refractivity contribution is 5.78. The zero-order valence-electron chi connectivity index (χ0n) is 11.6. The molecule has 20 heavy (non-hydrogen) atoms. The summed E-state index contributed by atoms with van der Waals surface area (Å²) in [5.74, 6) is -2.99. The van der Waals surface area contributed by atoms with Crippen molar-refractivity contribution in [2.45, 2.75) is 31.7 Å². The molecular formula is C14H19F2NO3. The van der Waals surface area contributed by atoms with Crippen LogP contribution in [0.15, 0.2) is 18.2 Å². The SMILES string of the molecule is CNC(C)(CCCCOc1cccc(F)c1F)C(=O)O. The quantitative estimate of drug-likeness (QED) is 0.722. The molecular weight excluding hydrogens is 268 g/mol. The van der Waals surface area contributed by atoms with Crippen molar-refractivity contribution in [2.75, 3.05) is 13.7 Å². The van der Waals surface area contributed by atoms with Gasteiger partial charge in [0, 0.05) is 0 Å². The summed E-state index contributed by atoms with van der Waals surface area (Å²) < 4.78 is 31.3. The van der Waals surface area contributed by atoms with Crippen molar-refractivity contribution in [2.24, 2.45) is 0 Å². The summed E-state index contributed by atoms with van der Waals surface area (Å²) in [7, 11) is 1.59. The lowest BCUT2D eigenvalue weighted by Crippen LogP contribution is -2.47. The number of carboxylic acid groups (broad SMARTS) is 1. The Kier molecular flexibility index (Phi) is 5.88. The van der Waals surface area contributed by atoms with Crippen LogP contribution in [0.25, 0.3) is 0 Å². The van der Waals surface area contributed by atoms with Crippen LogP contribution in [-0.4, -0.2) is 30.3 Å². The van der Waals surface area contributed by atoms with E-state index in [-0.39, 0.29) is 12.4 Å². The number of hydrogen-bond acceptors (Lipinski definition) is 3. The molecule has 2 N–H and O–H groups in total. The molecule has 1 rings (SSSR count). The second-order valence-corrected chi connectivity index (χ2v) is 4.74. The summed E-state index contributed by atoms with van der Waals surface area (Å²) in [6.07, 6.45) is 1.58. The van der Waals surface area contributed by atoms with Crippen LogP contribution < -0.4 is 10.1 Å². The van der Waals surface area contributed by atoms with Crippen LogP contribution in [-0.2, 0) is 4.79 Å². The summed E-state index contributed by atoms with van der Waals surface area (Å²) in [5, 5.41) is 11.8. The van der Waals surface area contributed by atoms with Crippen LogP contribution in [0, 0.1) is 11.6 Å². The lowest BCUT2D eigenvalue weighted by molar-refractivity contribution is -0.144. The van der Waals surface area contributed by atoms with Crippen LogP contribution in [0.4, 0.5) is 8.78 Å². The predicted octanol–water partition coefficient (Wildman–Crippen LogP) is 2.58. The van der Waals surface area contributed by atoms with Crippen LogP contribution >= 0.6 is 0 Å². The van der Waals surface area contributed by atoms with Gasteiger partial charge in [-0.2, -0.15) is 4.39 Å². The fraction of sp³-hybridized carbons (Fsp3) is 0.500. The molecule has 1 atom stereocenters. The second-order valence-electron chi connectivity index (χ2n) is 4.74. The van der Waals surface area contributed by atoms with Gasteiger partial charge in [0.25, 0.3) is 0 Å². The first-order valence-corrected chi connectivity index (χ1v) is 6.40. The second kappa shape index (κ2) is 7.19. The van der Waals surface area contributed by atoms with Gasteiger partial charge >= 0.3 is 5.97 Å². The van der Waals surface area contributed by atoms with Crippen LogP contribution in [0.3, 0.4) is 0 Å². The number of aliphatic carboxylic acids is 1. The molecule has 1 unspecified atom stereocenters. The highest BCUT2D eigenvalue weighted by Crippen LogP contribution is 2.20. The van der Waals surface area contributed by atoms with E-state index in [1.807, 2.05) is 0 Å². The van der Waals surface area contributed by atoms with E-state index in [1.165, 1.54) is 12.1 Å². The first-order chi connectivity index (χ1) is 9.40. The molecule has 0 radical (unpaired) electrons. The Balaban J connectivity index is 2.36. The predicted molar refractivity (Wildman–Crippen MR) is 70.8 cm³/mol. The number of benzene rings is 1. The third-order valence-corrected chi connectivity index (χ3v) is 3.27. The molecule has 0 aromatic heterocycles. The Bertz CT molecular complexity index is 468. The Morgan fingerprint density at radius 1 is 1.40 bits per heavy atom. The van der Waals surface area contributed by atoms with Gasteiger partial charge in [0.1, 0.15) is 5.54 Å². The zero-order valence-corrected chi connectivity index (χ0v) is 11.6. The summed E-state index contributed by atoms with van der Waals surface area (Å²) in [4.78, 5) is 11.0. The Labute approximate surface area is 116 Å². The third-order valence-electron chi connectivity index (χ3n) is 3.27. The molecule has 1 aromatic rings. The van der Waals surface area contributed by atoms with Crippen LogP contribution in [0.2, 0.25) is 0 Å². The third kappa shape index (κ3) is 4.16. The van der Waals surface area contributed by atoms with Gasteiger partial charge in [-0.05, 0) is 45.4 Å². The molecule has 0 heterocycles. The van der Waals surface area contributed by atoms with Gasteiger partial charge in [-0.1, -0.05) is 6.07 Å². The maximum Gasteiger partial charge on any atom is 0.323 e.